The second-order valence-corrected chi connectivity index (χ2v) is 10.6. The fourth-order valence-corrected chi connectivity index (χ4v) is 4.84. The molecule has 1 aliphatic rings. The molecule has 168 valence electrons. The fourth-order valence-electron chi connectivity index (χ4n) is 3.92. The van der Waals surface area contributed by atoms with Crippen LogP contribution in [0.2, 0.25) is 0 Å². The number of hydrogen-bond acceptors (Lipinski definition) is 5. The second kappa shape index (κ2) is 8.42. The van der Waals surface area contributed by atoms with Gasteiger partial charge >= 0.3 is 0 Å². The van der Waals surface area contributed by atoms with Crippen molar-refractivity contribution >= 4 is 21.6 Å². The van der Waals surface area contributed by atoms with Gasteiger partial charge in [0.1, 0.15) is 23.6 Å². The predicted octanol–water partition coefficient (Wildman–Crippen LogP) is 3.50. The van der Waals surface area contributed by atoms with E-state index in [4.69, 9.17) is 9.47 Å². The number of ether oxygens (including phenoxy) is 2. The minimum atomic E-state index is -3.65. The third-order valence-electron chi connectivity index (χ3n) is 5.32. The standard InChI is InChI=1S/C23H30N2O5S/c1-15-7-10-20(16(2)11-15)25(31(6,27)28)14-22(26)24-19-13-23(3,4)30-21-12-17(29-5)8-9-18(19)21/h7-12,19H,13-14H2,1-6H3,(H,24,26). The van der Waals surface area contributed by atoms with Crippen molar-refractivity contribution in [2.75, 3.05) is 24.2 Å². The number of carbonyl (C=O) groups is 1. The first-order valence-corrected chi connectivity index (χ1v) is 12.0. The van der Waals surface area contributed by atoms with E-state index in [1.54, 1.807) is 19.2 Å². The van der Waals surface area contributed by atoms with Crippen molar-refractivity contribution in [1.82, 2.24) is 5.32 Å². The first-order valence-electron chi connectivity index (χ1n) is 10.1. The molecule has 0 aliphatic carbocycles. The van der Waals surface area contributed by atoms with Gasteiger partial charge in [0.05, 0.1) is 25.1 Å². The normalized spacial score (nSPS) is 17.3. The Morgan fingerprint density at radius 1 is 1.23 bits per heavy atom. The Morgan fingerprint density at radius 2 is 1.94 bits per heavy atom. The van der Waals surface area contributed by atoms with Crippen molar-refractivity contribution in [2.45, 2.75) is 45.8 Å². The summed E-state index contributed by atoms with van der Waals surface area (Å²) in [6.45, 7) is 7.38. The summed E-state index contributed by atoms with van der Waals surface area (Å²) < 4.78 is 37.5. The van der Waals surface area contributed by atoms with Crippen LogP contribution in [0.4, 0.5) is 5.69 Å². The van der Waals surface area contributed by atoms with Crippen molar-refractivity contribution in [3.05, 3.63) is 53.1 Å². The van der Waals surface area contributed by atoms with E-state index in [1.807, 2.05) is 52.0 Å². The first-order chi connectivity index (χ1) is 14.4. The van der Waals surface area contributed by atoms with Gasteiger partial charge in [-0.25, -0.2) is 8.42 Å². The molecule has 1 amide bonds. The molecule has 0 bridgehead atoms. The highest BCUT2D eigenvalue weighted by atomic mass is 32.2. The number of aryl methyl sites for hydroxylation is 2. The van der Waals surface area contributed by atoms with Gasteiger partial charge in [-0.2, -0.15) is 0 Å². The van der Waals surface area contributed by atoms with Crippen LogP contribution in [0.15, 0.2) is 36.4 Å². The molecule has 0 aromatic heterocycles. The molecular formula is C23H30N2O5S. The van der Waals surface area contributed by atoms with Gasteiger partial charge in [0.25, 0.3) is 0 Å². The summed E-state index contributed by atoms with van der Waals surface area (Å²) in [5.41, 5.74) is 2.66. The number of nitrogens with zero attached hydrogens (tertiary/aromatic N) is 1. The Labute approximate surface area is 184 Å². The summed E-state index contributed by atoms with van der Waals surface area (Å²) in [5, 5.41) is 3.01. The summed E-state index contributed by atoms with van der Waals surface area (Å²) in [7, 11) is -2.07. The summed E-state index contributed by atoms with van der Waals surface area (Å²) in [4.78, 5) is 13.0. The fraction of sp³-hybridized carbons (Fsp3) is 0.435. The third-order valence-corrected chi connectivity index (χ3v) is 6.45. The lowest BCUT2D eigenvalue weighted by Gasteiger charge is -2.38. The Bertz CT molecular complexity index is 1100. The predicted molar refractivity (Wildman–Crippen MR) is 121 cm³/mol. The minimum absolute atomic E-state index is 0.300. The summed E-state index contributed by atoms with van der Waals surface area (Å²) in [5.74, 6) is 0.935. The monoisotopic (exact) mass is 446 g/mol. The van der Waals surface area contributed by atoms with Crippen molar-refractivity contribution in [3.63, 3.8) is 0 Å². The molecule has 8 heteroatoms. The quantitative estimate of drug-likeness (QED) is 0.734. The molecule has 2 aromatic rings. The Morgan fingerprint density at radius 3 is 2.55 bits per heavy atom. The molecule has 0 fully saturated rings. The highest BCUT2D eigenvalue weighted by Gasteiger charge is 2.35. The van der Waals surface area contributed by atoms with Crippen LogP contribution in [0.1, 0.15) is 43.0 Å². The number of methoxy groups -OCH3 is 1. The number of rotatable bonds is 6. The maximum absolute atomic E-state index is 13.0. The van der Waals surface area contributed by atoms with Gasteiger partial charge in [0.15, 0.2) is 0 Å². The van der Waals surface area contributed by atoms with Gasteiger partial charge in [-0.1, -0.05) is 17.7 Å². The van der Waals surface area contributed by atoms with E-state index in [9.17, 15) is 13.2 Å². The second-order valence-electron chi connectivity index (χ2n) is 8.65. The average molecular weight is 447 g/mol. The average Bonchev–Trinajstić information content (AvgIpc) is 2.64. The van der Waals surface area contributed by atoms with Gasteiger partial charge in [0.2, 0.25) is 15.9 Å². The van der Waals surface area contributed by atoms with Gasteiger partial charge in [-0.05, 0) is 51.5 Å². The van der Waals surface area contributed by atoms with Crippen LogP contribution in [-0.4, -0.2) is 39.8 Å². The number of fused-ring (bicyclic) bond motifs is 1. The molecule has 1 aliphatic heterocycles. The van der Waals surface area contributed by atoms with Gasteiger partial charge < -0.3 is 14.8 Å². The molecule has 0 saturated carbocycles. The molecule has 1 heterocycles. The third kappa shape index (κ3) is 5.31. The van der Waals surface area contributed by atoms with Crippen LogP contribution < -0.4 is 19.1 Å². The van der Waals surface area contributed by atoms with Crippen molar-refractivity contribution in [1.29, 1.82) is 0 Å². The molecule has 0 spiro atoms. The van der Waals surface area contributed by atoms with Crippen LogP contribution in [0, 0.1) is 13.8 Å². The van der Waals surface area contributed by atoms with E-state index in [2.05, 4.69) is 5.32 Å². The van der Waals surface area contributed by atoms with E-state index >= 15 is 0 Å². The van der Waals surface area contributed by atoms with Gasteiger partial charge in [0, 0.05) is 18.1 Å². The Balaban J connectivity index is 1.86. The molecular weight excluding hydrogens is 416 g/mol. The number of amides is 1. The molecule has 0 saturated heterocycles. The van der Waals surface area contributed by atoms with Crippen molar-refractivity contribution < 1.29 is 22.7 Å². The van der Waals surface area contributed by atoms with Crippen LogP contribution in [0.3, 0.4) is 0 Å². The van der Waals surface area contributed by atoms with E-state index in [0.717, 1.165) is 27.3 Å². The number of benzene rings is 2. The molecule has 1 atom stereocenters. The number of carbonyl (C=O) groups excluding carboxylic acids is 1. The van der Waals surface area contributed by atoms with Gasteiger partial charge in [-0.3, -0.25) is 9.10 Å². The van der Waals surface area contributed by atoms with Crippen molar-refractivity contribution in [2.24, 2.45) is 0 Å². The number of anilines is 1. The SMILES string of the molecule is COc1ccc2c(c1)OC(C)(C)CC2NC(=O)CN(c1ccc(C)cc1C)S(C)(=O)=O. The molecule has 1 N–H and O–H groups in total. The lowest BCUT2D eigenvalue weighted by atomic mass is 9.89. The zero-order chi connectivity index (χ0) is 23.0. The minimum Gasteiger partial charge on any atom is -0.497 e. The number of hydrogen-bond donors (Lipinski definition) is 1. The van der Waals surface area contributed by atoms with E-state index in [1.165, 1.54) is 0 Å². The van der Waals surface area contributed by atoms with E-state index < -0.39 is 15.6 Å². The maximum atomic E-state index is 13.0. The smallest absolute Gasteiger partial charge is 0.241 e. The van der Waals surface area contributed by atoms with E-state index in [0.29, 0.717) is 23.6 Å². The Kier molecular flexibility index (Phi) is 6.23. The molecule has 31 heavy (non-hydrogen) atoms. The van der Waals surface area contributed by atoms with Crippen molar-refractivity contribution in [3.8, 4) is 11.5 Å². The van der Waals surface area contributed by atoms with Crippen LogP contribution in [-0.2, 0) is 14.8 Å². The molecule has 0 radical (unpaired) electrons. The first kappa shape index (κ1) is 22.9. The number of sulfonamides is 1. The molecule has 1 unspecified atom stereocenters. The number of nitrogens with one attached hydrogen (secondary N) is 1. The van der Waals surface area contributed by atoms with Gasteiger partial charge in [-0.15, -0.1) is 0 Å². The van der Waals surface area contributed by atoms with Crippen LogP contribution in [0.25, 0.3) is 0 Å². The molecule has 2 aromatic carbocycles. The molecule has 7 nitrogen and oxygen atoms in total. The lowest BCUT2D eigenvalue weighted by molar-refractivity contribution is -0.120. The maximum Gasteiger partial charge on any atom is 0.241 e. The summed E-state index contributed by atoms with van der Waals surface area (Å²) >= 11 is 0. The zero-order valence-corrected chi connectivity index (χ0v) is 19.7. The largest absolute Gasteiger partial charge is 0.497 e. The van der Waals surface area contributed by atoms with Crippen LogP contribution in [0.5, 0.6) is 11.5 Å². The zero-order valence-electron chi connectivity index (χ0n) is 18.9. The summed E-state index contributed by atoms with van der Waals surface area (Å²) in [6.07, 6.45) is 1.67. The summed E-state index contributed by atoms with van der Waals surface area (Å²) in [6, 6.07) is 10.6. The lowest BCUT2D eigenvalue weighted by Crippen LogP contribution is -2.45. The topological polar surface area (TPSA) is 84.9 Å². The highest BCUT2D eigenvalue weighted by Crippen LogP contribution is 2.41. The molecule has 3 rings (SSSR count). The Hall–Kier alpha value is -2.74. The highest BCUT2D eigenvalue weighted by molar-refractivity contribution is 7.92. The van der Waals surface area contributed by atoms with E-state index in [-0.39, 0.29) is 18.5 Å². The van der Waals surface area contributed by atoms with Crippen LogP contribution >= 0.6 is 0 Å².